The molecule has 0 unspecified atom stereocenters. The normalized spacial score (nSPS) is 18.2. The van der Waals surface area contributed by atoms with E-state index in [9.17, 15) is 9.90 Å². The highest BCUT2D eigenvalue weighted by Gasteiger charge is 2.33. The van der Waals surface area contributed by atoms with Crippen LogP contribution < -0.4 is 4.74 Å². The number of aliphatic hydroxyl groups is 1. The molecule has 1 aromatic rings. The molecule has 1 aromatic heterocycles. The molecule has 1 fully saturated rings. The van der Waals surface area contributed by atoms with Gasteiger partial charge < -0.3 is 14.6 Å². The number of carbonyl (C=O) groups excluding carboxylic acids is 1. The van der Waals surface area contributed by atoms with E-state index in [0.717, 1.165) is 37.2 Å². The SMILES string of the molecule is CCC1(CO)CCN(Cc2snc(OC)c2C(=O)OC)CC1. The average Bonchev–Trinajstić information content (AvgIpc) is 2.97. The minimum atomic E-state index is -0.407. The first kappa shape index (κ1) is 17.2. The molecule has 1 aliphatic heterocycles. The van der Waals surface area contributed by atoms with Gasteiger partial charge in [0.05, 0.1) is 19.1 Å². The van der Waals surface area contributed by atoms with Crippen LogP contribution in [0, 0.1) is 5.41 Å². The second kappa shape index (κ2) is 7.39. The van der Waals surface area contributed by atoms with Gasteiger partial charge in [0.25, 0.3) is 0 Å². The third-order valence-corrected chi connectivity index (χ3v) is 5.49. The van der Waals surface area contributed by atoms with E-state index in [0.29, 0.717) is 18.0 Å². The van der Waals surface area contributed by atoms with Gasteiger partial charge >= 0.3 is 5.97 Å². The van der Waals surface area contributed by atoms with Gasteiger partial charge in [0.1, 0.15) is 5.56 Å². The van der Waals surface area contributed by atoms with Gasteiger partial charge in [-0.05, 0) is 49.3 Å². The van der Waals surface area contributed by atoms with Gasteiger partial charge in [-0.2, -0.15) is 4.37 Å². The molecule has 0 aromatic carbocycles. The molecule has 2 rings (SSSR count). The smallest absolute Gasteiger partial charge is 0.344 e. The van der Waals surface area contributed by atoms with E-state index in [-0.39, 0.29) is 12.0 Å². The van der Waals surface area contributed by atoms with Crippen molar-refractivity contribution in [2.24, 2.45) is 5.41 Å². The summed E-state index contributed by atoms with van der Waals surface area (Å²) in [6.07, 6.45) is 2.95. The van der Waals surface area contributed by atoms with E-state index in [1.165, 1.54) is 25.8 Å². The second-order valence-corrected chi connectivity index (χ2v) is 6.63. The Morgan fingerprint density at radius 2 is 2.09 bits per heavy atom. The highest BCUT2D eigenvalue weighted by molar-refractivity contribution is 7.06. The Kier molecular flexibility index (Phi) is 5.77. The molecule has 0 aliphatic carbocycles. The first-order valence-electron chi connectivity index (χ1n) is 7.53. The monoisotopic (exact) mass is 328 g/mol. The summed E-state index contributed by atoms with van der Waals surface area (Å²) in [6, 6.07) is 0. The van der Waals surface area contributed by atoms with Crippen LogP contribution >= 0.6 is 11.5 Å². The fraction of sp³-hybridized carbons (Fsp3) is 0.733. The number of ether oxygens (including phenoxy) is 2. The van der Waals surface area contributed by atoms with Gasteiger partial charge in [-0.1, -0.05) is 6.92 Å². The molecule has 0 bridgehead atoms. The molecule has 124 valence electrons. The van der Waals surface area contributed by atoms with Crippen LogP contribution in [-0.4, -0.2) is 54.3 Å². The number of hydrogen-bond donors (Lipinski definition) is 1. The topological polar surface area (TPSA) is 71.9 Å². The summed E-state index contributed by atoms with van der Waals surface area (Å²) in [4.78, 5) is 15.1. The molecule has 0 saturated carbocycles. The molecule has 0 spiro atoms. The van der Waals surface area contributed by atoms with E-state index in [4.69, 9.17) is 9.47 Å². The van der Waals surface area contributed by atoms with Crippen LogP contribution in [-0.2, 0) is 11.3 Å². The number of hydrogen-bond acceptors (Lipinski definition) is 7. The minimum Gasteiger partial charge on any atom is -0.480 e. The number of nitrogens with zero attached hydrogens (tertiary/aromatic N) is 2. The molecule has 1 saturated heterocycles. The van der Waals surface area contributed by atoms with Crippen LogP contribution in [0.1, 0.15) is 41.4 Å². The predicted molar refractivity (Wildman–Crippen MR) is 84.3 cm³/mol. The zero-order valence-electron chi connectivity index (χ0n) is 13.4. The molecule has 0 amide bonds. The Labute approximate surface area is 135 Å². The molecule has 1 N–H and O–H groups in total. The Hall–Kier alpha value is -1.18. The van der Waals surface area contributed by atoms with Gasteiger partial charge in [0.15, 0.2) is 0 Å². The Morgan fingerprint density at radius 3 is 2.59 bits per heavy atom. The van der Waals surface area contributed by atoms with Crippen LogP contribution in [0.15, 0.2) is 0 Å². The van der Waals surface area contributed by atoms with Crippen LogP contribution in [0.4, 0.5) is 0 Å². The third kappa shape index (κ3) is 3.42. The fourth-order valence-electron chi connectivity index (χ4n) is 2.87. The summed E-state index contributed by atoms with van der Waals surface area (Å²) >= 11 is 1.28. The minimum absolute atomic E-state index is 0.0626. The van der Waals surface area contributed by atoms with Crippen LogP contribution in [0.5, 0.6) is 5.88 Å². The lowest BCUT2D eigenvalue weighted by Crippen LogP contribution is -2.41. The maximum Gasteiger partial charge on any atom is 0.344 e. The highest BCUT2D eigenvalue weighted by Crippen LogP contribution is 2.35. The highest BCUT2D eigenvalue weighted by atomic mass is 32.1. The van der Waals surface area contributed by atoms with Gasteiger partial charge in [-0.15, -0.1) is 0 Å². The van der Waals surface area contributed by atoms with Crippen LogP contribution in [0.2, 0.25) is 0 Å². The van der Waals surface area contributed by atoms with E-state index >= 15 is 0 Å². The molecule has 2 heterocycles. The summed E-state index contributed by atoms with van der Waals surface area (Å²) < 4.78 is 14.2. The summed E-state index contributed by atoms with van der Waals surface area (Å²) in [7, 11) is 2.87. The zero-order chi connectivity index (χ0) is 16.2. The predicted octanol–water partition coefficient (Wildman–Crippen LogP) is 1.92. The summed E-state index contributed by atoms with van der Waals surface area (Å²) in [5, 5.41) is 9.60. The van der Waals surface area contributed by atoms with Crippen molar-refractivity contribution < 1.29 is 19.4 Å². The number of rotatable bonds is 6. The van der Waals surface area contributed by atoms with Crippen molar-refractivity contribution in [2.45, 2.75) is 32.7 Å². The lowest BCUT2D eigenvalue weighted by Gasteiger charge is -2.40. The molecule has 1 aliphatic rings. The maximum absolute atomic E-state index is 11.9. The van der Waals surface area contributed by atoms with Crippen molar-refractivity contribution in [2.75, 3.05) is 33.9 Å². The first-order chi connectivity index (χ1) is 10.6. The van der Waals surface area contributed by atoms with Crippen LogP contribution in [0.3, 0.4) is 0 Å². The molecular formula is C15H24N2O4S. The largest absolute Gasteiger partial charge is 0.480 e. The Morgan fingerprint density at radius 1 is 1.41 bits per heavy atom. The molecule has 0 radical (unpaired) electrons. The fourth-order valence-corrected chi connectivity index (χ4v) is 3.73. The lowest BCUT2D eigenvalue weighted by atomic mass is 9.77. The molecule has 6 nitrogen and oxygen atoms in total. The quantitative estimate of drug-likeness (QED) is 0.805. The number of likely N-dealkylation sites (tertiary alicyclic amines) is 1. The van der Waals surface area contributed by atoms with E-state index < -0.39 is 5.97 Å². The van der Waals surface area contributed by atoms with Gasteiger partial charge in [-0.3, -0.25) is 4.90 Å². The summed E-state index contributed by atoms with van der Waals surface area (Å²) in [5.74, 6) is -0.0713. The van der Waals surface area contributed by atoms with Crippen molar-refractivity contribution in [3.63, 3.8) is 0 Å². The van der Waals surface area contributed by atoms with Crippen LogP contribution in [0.25, 0.3) is 0 Å². The number of esters is 1. The van der Waals surface area contributed by atoms with Gasteiger partial charge in [0.2, 0.25) is 5.88 Å². The molecule has 22 heavy (non-hydrogen) atoms. The van der Waals surface area contributed by atoms with Gasteiger partial charge in [0, 0.05) is 13.2 Å². The number of aliphatic hydroxyl groups excluding tert-OH is 1. The average molecular weight is 328 g/mol. The zero-order valence-corrected chi connectivity index (χ0v) is 14.2. The van der Waals surface area contributed by atoms with Crippen molar-refractivity contribution in [3.05, 3.63) is 10.4 Å². The first-order valence-corrected chi connectivity index (χ1v) is 8.30. The van der Waals surface area contributed by atoms with E-state index in [2.05, 4.69) is 16.2 Å². The standard InChI is InChI=1S/C15H24N2O4S/c1-4-15(10-18)5-7-17(8-6-15)9-11-12(14(19)21-3)13(20-2)16-22-11/h18H,4-10H2,1-3H3. The summed E-state index contributed by atoms with van der Waals surface area (Å²) in [5.41, 5.74) is 0.497. The van der Waals surface area contributed by atoms with Crippen molar-refractivity contribution in [1.82, 2.24) is 9.27 Å². The molecule has 7 heteroatoms. The Balaban J connectivity index is 2.06. The third-order valence-electron chi connectivity index (χ3n) is 4.68. The van der Waals surface area contributed by atoms with E-state index in [1.807, 2.05) is 0 Å². The lowest BCUT2D eigenvalue weighted by molar-refractivity contribution is 0.0382. The second-order valence-electron chi connectivity index (χ2n) is 5.77. The molecule has 0 atom stereocenters. The molecular weight excluding hydrogens is 304 g/mol. The number of piperidine rings is 1. The van der Waals surface area contributed by atoms with Crippen molar-refractivity contribution >= 4 is 17.5 Å². The van der Waals surface area contributed by atoms with Crippen molar-refractivity contribution in [3.8, 4) is 5.88 Å². The van der Waals surface area contributed by atoms with Crippen molar-refractivity contribution in [1.29, 1.82) is 0 Å². The number of aromatic nitrogens is 1. The number of carbonyl (C=O) groups is 1. The number of methoxy groups -OCH3 is 2. The van der Waals surface area contributed by atoms with E-state index in [1.54, 1.807) is 0 Å². The summed E-state index contributed by atoms with van der Waals surface area (Å²) in [6.45, 7) is 4.87. The maximum atomic E-state index is 11.9. The van der Waals surface area contributed by atoms with Gasteiger partial charge in [-0.25, -0.2) is 4.79 Å². The Bertz CT molecular complexity index is 504.